The van der Waals surface area contributed by atoms with E-state index in [-0.39, 0.29) is 5.91 Å². The van der Waals surface area contributed by atoms with E-state index in [0.717, 1.165) is 23.2 Å². The molecule has 122 valence electrons. The quantitative estimate of drug-likeness (QED) is 0.922. The number of nitrogens with one attached hydrogen (secondary N) is 1. The molecule has 0 saturated heterocycles. The van der Waals surface area contributed by atoms with Gasteiger partial charge in [0.25, 0.3) is 0 Å². The van der Waals surface area contributed by atoms with Crippen molar-refractivity contribution in [1.29, 1.82) is 0 Å². The second kappa shape index (κ2) is 5.44. The maximum Gasteiger partial charge on any atom is 0.242 e. The highest BCUT2D eigenvalue weighted by Crippen LogP contribution is 2.46. The fraction of sp³-hybridized carbons (Fsp3) is 0.316. The van der Waals surface area contributed by atoms with Gasteiger partial charge in [-0.2, -0.15) is 0 Å². The minimum absolute atomic E-state index is 0.0540. The van der Waals surface area contributed by atoms with Crippen LogP contribution in [0.4, 0.5) is 0 Å². The number of hydrogen-bond acceptors (Lipinski definition) is 4. The van der Waals surface area contributed by atoms with Crippen molar-refractivity contribution >= 4 is 11.7 Å². The topological polar surface area (TPSA) is 63.6 Å². The Balaban J connectivity index is 2.00. The van der Waals surface area contributed by atoms with Gasteiger partial charge in [-0.05, 0) is 37.0 Å². The van der Waals surface area contributed by atoms with E-state index in [1.807, 2.05) is 37.3 Å². The van der Waals surface area contributed by atoms with E-state index in [2.05, 4.69) is 16.4 Å². The number of benzene rings is 1. The molecule has 2 heterocycles. The third kappa shape index (κ3) is 1.90. The average Bonchev–Trinajstić information content (AvgIpc) is 2.99. The Bertz CT molecular complexity index is 859. The first kappa shape index (κ1) is 14.9. The van der Waals surface area contributed by atoms with E-state index < -0.39 is 5.41 Å². The Morgan fingerprint density at radius 1 is 1.29 bits per heavy atom. The Hall–Kier alpha value is -2.69. The first-order valence-electron chi connectivity index (χ1n) is 8.22. The van der Waals surface area contributed by atoms with E-state index in [9.17, 15) is 4.79 Å². The third-order valence-corrected chi connectivity index (χ3v) is 4.91. The summed E-state index contributed by atoms with van der Waals surface area (Å²) in [5.74, 6) is 1.06. The van der Waals surface area contributed by atoms with Crippen molar-refractivity contribution in [1.82, 2.24) is 10.3 Å². The minimum Gasteiger partial charge on any atom is -0.478 e. The number of aryl methyl sites for hydroxylation is 1. The summed E-state index contributed by atoms with van der Waals surface area (Å²) in [5.41, 5.74) is 3.12. The lowest BCUT2D eigenvalue weighted by molar-refractivity contribution is -0.124. The molecule has 0 radical (unpaired) electrons. The number of aliphatic imine (C=N–C) groups is 1. The van der Waals surface area contributed by atoms with Crippen LogP contribution in [-0.2, 0) is 16.6 Å². The van der Waals surface area contributed by atoms with Crippen LogP contribution in [0.25, 0.3) is 0 Å². The third-order valence-electron chi connectivity index (χ3n) is 4.91. The van der Waals surface area contributed by atoms with Gasteiger partial charge in [0.15, 0.2) is 0 Å². The maximum atomic E-state index is 13.1. The number of nitrogens with zero attached hydrogens (tertiary/aromatic N) is 2. The number of carbonyl (C=O) groups excluding carboxylic acids is 1. The number of ether oxygens (including phenoxy) is 1. The molecule has 1 atom stereocenters. The van der Waals surface area contributed by atoms with Gasteiger partial charge in [0, 0.05) is 18.7 Å². The molecule has 1 aromatic heterocycles. The second-order valence-electron chi connectivity index (χ2n) is 6.07. The molecule has 1 aliphatic carbocycles. The molecule has 2 aliphatic rings. The summed E-state index contributed by atoms with van der Waals surface area (Å²) in [5, 5.41) is 2.98. The van der Waals surface area contributed by atoms with Crippen LogP contribution in [0.2, 0.25) is 0 Å². The van der Waals surface area contributed by atoms with E-state index in [1.165, 1.54) is 5.56 Å². The summed E-state index contributed by atoms with van der Waals surface area (Å²) in [7, 11) is 1.68. The molecule has 5 nitrogen and oxygen atoms in total. The Labute approximate surface area is 140 Å². The number of carbonyl (C=O) groups is 1. The van der Waals surface area contributed by atoms with Crippen molar-refractivity contribution in [2.24, 2.45) is 4.99 Å². The Morgan fingerprint density at radius 2 is 2.12 bits per heavy atom. The molecular formula is C19H19N3O2. The van der Waals surface area contributed by atoms with Gasteiger partial charge >= 0.3 is 0 Å². The van der Waals surface area contributed by atoms with Crippen LogP contribution in [-0.4, -0.2) is 30.4 Å². The van der Waals surface area contributed by atoms with Gasteiger partial charge in [-0.15, -0.1) is 0 Å². The number of aromatic nitrogens is 1. The highest BCUT2D eigenvalue weighted by Gasteiger charge is 2.52. The molecule has 2 aromatic rings. The summed E-state index contributed by atoms with van der Waals surface area (Å²) in [6.07, 6.45) is 1.58. The SMILES string of the molecule is CCOc1ccc2c(n1)[C@]1(CCc3ccccc31)C(=O)NC2=NC. The largest absolute Gasteiger partial charge is 0.478 e. The zero-order valence-corrected chi connectivity index (χ0v) is 13.8. The number of pyridine rings is 1. The van der Waals surface area contributed by atoms with Crippen molar-refractivity contribution in [2.45, 2.75) is 25.2 Å². The number of rotatable bonds is 2. The van der Waals surface area contributed by atoms with Crippen molar-refractivity contribution in [3.63, 3.8) is 0 Å². The van der Waals surface area contributed by atoms with Crippen molar-refractivity contribution in [3.05, 3.63) is 58.8 Å². The van der Waals surface area contributed by atoms with Crippen LogP contribution in [0.5, 0.6) is 5.88 Å². The molecule has 0 saturated carbocycles. The van der Waals surface area contributed by atoms with Crippen LogP contribution in [0.3, 0.4) is 0 Å². The highest BCUT2D eigenvalue weighted by molar-refractivity contribution is 6.16. The van der Waals surface area contributed by atoms with E-state index >= 15 is 0 Å². The predicted molar refractivity (Wildman–Crippen MR) is 91.6 cm³/mol. The fourth-order valence-electron chi connectivity index (χ4n) is 3.84. The summed E-state index contributed by atoms with van der Waals surface area (Å²) in [4.78, 5) is 22.1. The van der Waals surface area contributed by atoms with Crippen molar-refractivity contribution < 1.29 is 9.53 Å². The number of amidine groups is 1. The van der Waals surface area contributed by atoms with Crippen LogP contribution in [0, 0.1) is 0 Å². The number of amides is 1. The van der Waals surface area contributed by atoms with Gasteiger partial charge in [0.2, 0.25) is 11.8 Å². The summed E-state index contributed by atoms with van der Waals surface area (Å²) in [6, 6.07) is 11.9. The summed E-state index contributed by atoms with van der Waals surface area (Å²) >= 11 is 0. The molecule has 1 amide bonds. The lowest BCUT2D eigenvalue weighted by atomic mass is 9.73. The molecule has 1 N–H and O–H groups in total. The second-order valence-corrected chi connectivity index (χ2v) is 6.07. The monoisotopic (exact) mass is 321 g/mol. The first-order chi connectivity index (χ1) is 11.7. The van der Waals surface area contributed by atoms with Gasteiger partial charge in [-0.1, -0.05) is 24.3 Å². The van der Waals surface area contributed by atoms with E-state index in [1.54, 1.807) is 7.05 Å². The van der Waals surface area contributed by atoms with Crippen LogP contribution in [0.1, 0.15) is 35.7 Å². The van der Waals surface area contributed by atoms with Gasteiger partial charge in [-0.25, -0.2) is 4.98 Å². The minimum atomic E-state index is -0.757. The molecule has 4 rings (SSSR count). The molecule has 5 heteroatoms. The van der Waals surface area contributed by atoms with Gasteiger partial charge < -0.3 is 10.1 Å². The Kier molecular flexibility index (Phi) is 3.37. The normalized spacial score (nSPS) is 23.1. The number of fused-ring (bicyclic) bond motifs is 4. The zero-order valence-electron chi connectivity index (χ0n) is 13.8. The molecule has 0 fully saturated rings. The average molecular weight is 321 g/mol. The van der Waals surface area contributed by atoms with E-state index in [0.29, 0.717) is 24.7 Å². The van der Waals surface area contributed by atoms with Crippen LogP contribution < -0.4 is 10.1 Å². The van der Waals surface area contributed by atoms with Crippen molar-refractivity contribution in [3.8, 4) is 5.88 Å². The zero-order chi connectivity index (χ0) is 16.7. The molecule has 1 aromatic carbocycles. The van der Waals surface area contributed by atoms with Crippen LogP contribution >= 0.6 is 0 Å². The van der Waals surface area contributed by atoms with E-state index in [4.69, 9.17) is 9.72 Å². The van der Waals surface area contributed by atoms with Gasteiger partial charge in [0.05, 0.1) is 12.3 Å². The molecule has 1 aliphatic heterocycles. The Morgan fingerprint density at radius 3 is 2.92 bits per heavy atom. The summed E-state index contributed by atoms with van der Waals surface area (Å²) < 4.78 is 5.58. The predicted octanol–water partition coefficient (Wildman–Crippen LogP) is 2.22. The highest BCUT2D eigenvalue weighted by atomic mass is 16.5. The standard InChI is InChI=1S/C19H19N3O2/c1-3-24-15-9-8-13-16(21-15)19(18(23)22-17(13)20-2)11-10-12-6-4-5-7-14(12)19/h4-9H,3,10-11H2,1-2H3,(H,20,22,23)/t19-/m1/s1. The van der Waals surface area contributed by atoms with Gasteiger partial charge in [0.1, 0.15) is 11.3 Å². The smallest absolute Gasteiger partial charge is 0.242 e. The molecule has 1 spiro atoms. The summed E-state index contributed by atoms with van der Waals surface area (Å²) in [6.45, 7) is 2.46. The fourth-order valence-corrected chi connectivity index (χ4v) is 3.84. The van der Waals surface area contributed by atoms with Crippen LogP contribution in [0.15, 0.2) is 41.4 Å². The maximum absolute atomic E-state index is 13.1. The lowest BCUT2D eigenvalue weighted by Gasteiger charge is -2.35. The van der Waals surface area contributed by atoms with Gasteiger partial charge in [-0.3, -0.25) is 9.79 Å². The van der Waals surface area contributed by atoms with Crippen molar-refractivity contribution in [2.75, 3.05) is 13.7 Å². The number of hydrogen-bond donors (Lipinski definition) is 1. The lowest BCUT2D eigenvalue weighted by Crippen LogP contribution is -2.52. The molecule has 0 bridgehead atoms. The molecule has 24 heavy (non-hydrogen) atoms. The molecular weight excluding hydrogens is 302 g/mol. The first-order valence-corrected chi connectivity index (χ1v) is 8.22. The molecule has 0 unspecified atom stereocenters.